The van der Waals surface area contributed by atoms with Crippen molar-refractivity contribution in [3.05, 3.63) is 52.3 Å². The van der Waals surface area contributed by atoms with Crippen molar-refractivity contribution in [1.82, 2.24) is 9.55 Å². The first kappa shape index (κ1) is 19.0. The molecule has 2 N–H and O–H groups in total. The number of hydrogen-bond acceptors (Lipinski definition) is 6. The topological polar surface area (TPSA) is 93.5 Å². The van der Waals surface area contributed by atoms with Crippen LogP contribution in [0.15, 0.2) is 40.8 Å². The van der Waals surface area contributed by atoms with Crippen molar-refractivity contribution in [2.24, 2.45) is 7.05 Å². The van der Waals surface area contributed by atoms with E-state index in [0.29, 0.717) is 34.6 Å². The predicted octanol–water partition coefficient (Wildman–Crippen LogP) is 2.64. The number of hydrogen-bond donors (Lipinski definition) is 2. The molecule has 0 fully saturated rings. The average molecular weight is 387 g/mol. The molecule has 0 aliphatic carbocycles. The number of benzene rings is 1. The summed E-state index contributed by atoms with van der Waals surface area (Å²) in [6.45, 7) is 5.88. The van der Waals surface area contributed by atoms with Crippen LogP contribution in [0.2, 0.25) is 0 Å². The number of carbonyl (C=O) groups excluding carboxylic acids is 1. The van der Waals surface area contributed by atoms with Gasteiger partial charge in [-0.25, -0.2) is 0 Å². The van der Waals surface area contributed by atoms with E-state index < -0.39 is 5.92 Å². The van der Waals surface area contributed by atoms with E-state index in [1.165, 1.54) is 17.8 Å². The maximum atomic E-state index is 12.8. The molecule has 1 amide bonds. The Kier molecular flexibility index (Phi) is 5.55. The SMILES string of the molecule is C=CCSc1nc(=O)c2c(n1C)NC(=O)CC2c1ccc(O)c(OCC)c1. The Labute approximate surface area is 161 Å². The normalized spacial score (nSPS) is 15.8. The fraction of sp³-hybridized carbons (Fsp3) is 0.316. The first-order valence-corrected chi connectivity index (χ1v) is 9.55. The molecule has 2 aromatic rings. The van der Waals surface area contributed by atoms with Gasteiger partial charge in [-0.2, -0.15) is 4.98 Å². The van der Waals surface area contributed by atoms with E-state index in [-0.39, 0.29) is 23.6 Å². The molecule has 7 nitrogen and oxygen atoms in total. The smallest absolute Gasteiger partial charge is 0.279 e. The summed E-state index contributed by atoms with van der Waals surface area (Å²) in [6.07, 6.45) is 1.85. The van der Waals surface area contributed by atoms with Crippen molar-refractivity contribution < 1.29 is 14.6 Å². The molecule has 27 heavy (non-hydrogen) atoms. The molecule has 142 valence electrons. The van der Waals surface area contributed by atoms with Crippen molar-refractivity contribution in [3.8, 4) is 11.5 Å². The summed E-state index contributed by atoms with van der Waals surface area (Å²) in [5.74, 6) is 0.756. The molecule has 1 aliphatic rings. The molecular weight excluding hydrogens is 366 g/mol. The molecule has 1 aliphatic heterocycles. The fourth-order valence-electron chi connectivity index (χ4n) is 3.10. The zero-order valence-electron chi connectivity index (χ0n) is 15.2. The van der Waals surface area contributed by atoms with Crippen molar-refractivity contribution >= 4 is 23.5 Å². The number of phenolic OH excluding ortho intramolecular Hbond substituents is 1. The molecule has 1 unspecified atom stereocenters. The zero-order chi connectivity index (χ0) is 19.6. The lowest BCUT2D eigenvalue weighted by Crippen LogP contribution is -2.33. The highest BCUT2D eigenvalue weighted by atomic mass is 32.2. The van der Waals surface area contributed by atoms with Gasteiger partial charge >= 0.3 is 0 Å². The standard InChI is InChI=1S/C19H21N3O4S/c1-4-8-27-19-21-18(25)16-12(10-15(24)20-17(16)22(19)3)11-6-7-13(23)14(9-11)26-5-2/h4,6-7,9,12,23H,1,5,8,10H2,2-3H3,(H,20,24). The van der Waals surface area contributed by atoms with Crippen LogP contribution in [0.5, 0.6) is 11.5 Å². The summed E-state index contributed by atoms with van der Waals surface area (Å²) < 4.78 is 7.16. The third-order valence-electron chi connectivity index (χ3n) is 4.32. The second kappa shape index (κ2) is 7.87. The van der Waals surface area contributed by atoms with Crippen LogP contribution in [0.4, 0.5) is 5.82 Å². The summed E-state index contributed by atoms with van der Waals surface area (Å²) in [7, 11) is 1.77. The molecule has 0 radical (unpaired) electrons. The Bertz CT molecular complexity index is 955. The monoisotopic (exact) mass is 387 g/mol. The lowest BCUT2D eigenvalue weighted by atomic mass is 9.86. The average Bonchev–Trinajstić information content (AvgIpc) is 2.64. The van der Waals surface area contributed by atoms with Crippen LogP contribution in [-0.4, -0.2) is 32.9 Å². The first-order chi connectivity index (χ1) is 13.0. The van der Waals surface area contributed by atoms with Crippen molar-refractivity contribution in [2.75, 3.05) is 17.7 Å². The third-order valence-corrected chi connectivity index (χ3v) is 5.34. The minimum absolute atomic E-state index is 0.0169. The zero-order valence-corrected chi connectivity index (χ0v) is 16.0. The summed E-state index contributed by atoms with van der Waals surface area (Å²) in [5, 5.41) is 13.3. The number of phenols is 1. The van der Waals surface area contributed by atoms with Gasteiger partial charge in [0.25, 0.3) is 5.56 Å². The largest absolute Gasteiger partial charge is 0.504 e. The predicted molar refractivity (Wildman–Crippen MR) is 105 cm³/mol. The lowest BCUT2D eigenvalue weighted by Gasteiger charge is -2.27. The number of carbonyl (C=O) groups is 1. The van der Waals surface area contributed by atoms with Crippen LogP contribution in [0.25, 0.3) is 0 Å². The Morgan fingerprint density at radius 2 is 2.26 bits per heavy atom. The first-order valence-electron chi connectivity index (χ1n) is 8.56. The molecule has 1 aromatic heterocycles. The highest BCUT2D eigenvalue weighted by Gasteiger charge is 2.32. The highest BCUT2D eigenvalue weighted by molar-refractivity contribution is 7.99. The highest BCUT2D eigenvalue weighted by Crippen LogP contribution is 2.38. The number of amides is 1. The van der Waals surface area contributed by atoms with Crippen LogP contribution < -0.4 is 15.6 Å². The maximum absolute atomic E-state index is 12.8. The van der Waals surface area contributed by atoms with E-state index in [0.717, 1.165) is 5.56 Å². The molecule has 0 saturated heterocycles. The van der Waals surface area contributed by atoms with E-state index in [1.54, 1.807) is 29.8 Å². The lowest BCUT2D eigenvalue weighted by molar-refractivity contribution is -0.116. The van der Waals surface area contributed by atoms with Crippen LogP contribution in [0.3, 0.4) is 0 Å². The summed E-state index contributed by atoms with van der Waals surface area (Å²) in [6, 6.07) is 4.88. The van der Waals surface area contributed by atoms with E-state index in [2.05, 4.69) is 16.9 Å². The summed E-state index contributed by atoms with van der Waals surface area (Å²) >= 11 is 1.37. The van der Waals surface area contributed by atoms with Crippen LogP contribution in [-0.2, 0) is 11.8 Å². The van der Waals surface area contributed by atoms with Crippen LogP contribution >= 0.6 is 11.8 Å². The van der Waals surface area contributed by atoms with E-state index in [1.807, 2.05) is 6.92 Å². The quantitative estimate of drug-likeness (QED) is 0.450. The second-order valence-electron chi connectivity index (χ2n) is 6.09. The molecular formula is C19H21N3O4S. The minimum atomic E-state index is -0.460. The molecule has 0 saturated carbocycles. The molecule has 3 rings (SSSR count). The fourth-order valence-corrected chi connectivity index (χ4v) is 3.80. The summed E-state index contributed by atoms with van der Waals surface area (Å²) in [4.78, 5) is 29.3. The van der Waals surface area contributed by atoms with Crippen molar-refractivity contribution in [1.29, 1.82) is 0 Å². The third kappa shape index (κ3) is 3.71. The number of nitrogens with zero attached hydrogens (tertiary/aromatic N) is 2. The van der Waals surface area contributed by atoms with Gasteiger partial charge in [-0.05, 0) is 24.6 Å². The van der Waals surface area contributed by atoms with Gasteiger partial charge < -0.3 is 19.7 Å². The second-order valence-corrected chi connectivity index (χ2v) is 7.07. The molecule has 0 spiro atoms. The van der Waals surface area contributed by atoms with E-state index in [9.17, 15) is 14.7 Å². The Balaban J connectivity index is 2.12. The van der Waals surface area contributed by atoms with E-state index in [4.69, 9.17) is 4.74 Å². The summed E-state index contributed by atoms with van der Waals surface area (Å²) in [5.41, 5.74) is 0.789. The van der Waals surface area contributed by atoms with Gasteiger partial charge in [-0.3, -0.25) is 9.59 Å². The molecule has 1 atom stereocenters. The van der Waals surface area contributed by atoms with Gasteiger partial charge in [0.05, 0.1) is 12.2 Å². The van der Waals surface area contributed by atoms with Gasteiger partial charge in [0.15, 0.2) is 16.7 Å². The number of thioether (sulfide) groups is 1. The van der Waals surface area contributed by atoms with Gasteiger partial charge in [0.2, 0.25) is 5.91 Å². The van der Waals surface area contributed by atoms with Gasteiger partial charge in [0, 0.05) is 25.1 Å². The Morgan fingerprint density at radius 3 is 2.96 bits per heavy atom. The van der Waals surface area contributed by atoms with Gasteiger partial charge in [-0.1, -0.05) is 23.9 Å². The molecule has 2 heterocycles. The number of aromatic hydroxyl groups is 1. The van der Waals surface area contributed by atoms with E-state index >= 15 is 0 Å². The van der Waals surface area contributed by atoms with Gasteiger partial charge in [0.1, 0.15) is 5.82 Å². The van der Waals surface area contributed by atoms with Crippen molar-refractivity contribution in [3.63, 3.8) is 0 Å². The Morgan fingerprint density at radius 1 is 1.48 bits per heavy atom. The molecule has 8 heteroatoms. The van der Waals surface area contributed by atoms with Gasteiger partial charge in [-0.15, -0.1) is 6.58 Å². The minimum Gasteiger partial charge on any atom is -0.504 e. The van der Waals surface area contributed by atoms with Crippen LogP contribution in [0.1, 0.15) is 30.4 Å². The number of rotatable bonds is 6. The number of anilines is 1. The molecule has 1 aromatic carbocycles. The Hall–Kier alpha value is -2.74. The maximum Gasteiger partial charge on any atom is 0.279 e. The number of fused-ring (bicyclic) bond motifs is 1. The van der Waals surface area contributed by atoms with Crippen molar-refractivity contribution in [2.45, 2.75) is 24.4 Å². The number of aromatic nitrogens is 2. The number of nitrogens with one attached hydrogen (secondary N) is 1. The number of ether oxygens (including phenoxy) is 1. The molecule has 0 bridgehead atoms. The van der Waals surface area contributed by atoms with Crippen LogP contribution in [0, 0.1) is 0 Å².